The predicted molar refractivity (Wildman–Crippen MR) is 108 cm³/mol. The maximum atomic E-state index is 12.8. The van der Waals surface area contributed by atoms with Crippen molar-refractivity contribution in [3.8, 4) is 17.1 Å². The van der Waals surface area contributed by atoms with Crippen LogP contribution in [0.2, 0.25) is 0 Å². The third-order valence-electron chi connectivity index (χ3n) is 4.94. The number of amides is 1. The second-order valence-corrected chi connectivity index (χ2v) is 7.70. The minimum absolute atomic E-state index is 0.0343. The lowest BCUT2D eigenvalue weighted by atomic mass is 9.97. The number of piperidine rings is 1. The molecule has 0 N–H and O–H groups in total. The quantitative estimate of drug-likeness (QED) is 0.594. The number of likely N-dealkylation sites (tertiary alicyclic amines) is 1. The highest BCUT2D eigenvalue weighted by Gasteiger charge is 2.29. The van der Waals surface area contributed by atoms with Crippen LogP contribution in [-0.2, 0) is 0 Å². The first kappa shape index (κ1) is 18.7. The number of aromatic nitrogens is 2. The Kier molecular flexibility index (Phi) is 5.43. The summed E-state index contributed by atoms with van der Waals surface area (Å²) in [5, 5.41) is 4.12. The van der Waals surface area contributed by atoms with E-state index in [9.17, 15) is 4.79 Å². The second kappa shape index (κ2) is 8.14. The van der Waals surface area contributed by atoms with Crippen molar-refractivity contribution in [3.63, 3.8) is 0 Å². The van der Waals surface area contributed by atoms with E-state index >= 15 is 0 Å². The predicted octanol–water partition coefficient (Wildman–Crippen LogP) is 4.53. The van der Waals surface area contributed by atoms with Crippen molar-refractivity contribution in [2.45, 2.75) is 18.8 Å². The van der Waals surface area contributed by atoms with Gasteiger partial charge in [-0.1, -0.05) is 21.1 Å². The fraction of sp³-hybridized carbons (Fsp3) is 0.286. The van der Waals surface area contributed by atoms with E-state index in [1.54, 1.807) is 7.11 Å². The molecule has 0 aliphatic carbocycles. The molecule has 6 nitrogen and oxygen atoms in total. The number of rotatable bonds is 4. The van der Waals surface area contributed by atoms with Gasteiger partial charge in [0, 0.05) is 28.7 Å². The van der Waals surface area contributed by atoms with E-state index in [1.165, 1.54) is 0 Å². The fourth-order valence-electron chi connectivity index (χ4n) is 3.40. The number of halogens is 1. The molecule has 0 radical (unpaired) electrons. The molecule has 2 aromatic carbocycles. The first-order valence-electron chi connectivity index (χ1n) is 9.17. The molecule has 4 rings (SSSR count). The molecule has 1 atom stereocenters. The van der Waals surface area contributed by atoms with Crippen molar-refractivity contribution in [3.05, 3.63) is 64.5 Å². The zero-order chi connectivity index (χ0) is 19.5. The Morgan fingerprint density at radius 1 is 1.18 bits per heavy atom. The van der Waals surface area contributed by atoms with Crippen LogP contribution < -0.4 is 4.74 Å². The molecule has 1 aromatic heterocycles. The van der Waals surface area contributed by atoms with Crippen LogP contribution in [0.15, 0.2) is 57.5 Å². The normalized spacial score (nSPS) is 16.8. The Balaban J connectivity index is 1.48. The van der Waals surface area contributed by atoms with E-state index in [0.29, 0.717) is 23.8 Å². The van der Waals surface area contributed by atoms with Crippen molar-refractivity contribution < 1.29 is 14.1 Å². The molecule has 1 fully saturated rings. The number of hydrogen-bond acceptors (Lipinski definition) is 5. The van der Waals surface area contributed by atoms with Crippen LogP contribution >= 0.6 is 15.9 Å². The first-order valence-corrected chi connectivity index (χ1v) is 9.96. The lowest BCUT2D eigenvalue weighted by molar-refractivity contribution is 0.0695. The standard InChI is InChI=1S/C21H20BrN3O3/c1-27-18-10-6-14(7-11-18)19-23-20(28-24-19)16-3-2-12-25(13-16)21(26)15-4-8-17(22)9-5-15/h4-11,16H,2-3,12-13H2,1H3/t16-/m1/s1. The summed E-state index contributed by atoms with van der Waals surface area (Å²) in [6.45, 7) is 1.32. The van der Waals surface area contributed by atoms with Crippen molar-refractivity contribution in [2.24, 2.45) is 0 Å². The van der Waals surface area contributed by atoms with Gasteiger partial charge in [-0.2, -0.15) is 4.98 Å². The van der Waals surface area contributed by atoms with Gasteiger partial charge in [-0.15, -0.1) is 0 Å². The molecule has 0 saturated carbocycles. The summed E-state index contributed by atoms with van der Waals surface area (Å²) in [5.41, 5.74) is 1.56. The molecule has 3 aromatic rings. The summed E-state index contributed by atoms with van der Waals surface area (Å²) in [4.78, 5) is 19.3. The highest BCUT2D eigenvalue weighted by atomic mass is 79.9. The van der Waals surface area contributed by atoms with Crippen LogP contribution in [0.3, 0.4) is 0 Å². The minimum Gasteiger partial charge on any atom is -0.497 e. The molecule has 1 amide bonds. The Morgan fingerprint density at radius 3 is 2.64 bits per heavy atom. The van der Waals surface area contributed by atoms with E-state index in [-0.39, 0.29) is 11.8 Å². The van der Waals surface area contributed by atoms with Gasteiger partial charge in [-0.3, -0.25) is 4.79 Å². The SMILES string of the molecule is COc1ccc(-c2noc([C@@H]3CCCN(C(=O)c4ccc(Br)cc4)C3)n2)cc1. The summed E-state index contributed by atoms with van der Waals surface area (Å²) < 4.78 is 11.7. The fourth-order valence-corrected chi connectivity index (χ4v) is 3.66. The summed E-state index contributed by atoms with van der Waals surface area (Å²) in [7, 11) is 1.63. The van der Waals surface area contributed by atoms with Gasteiger partial charge in [0.2, 0.25) is 11.7 Å². The Bertz CT molecular complexity index is 954. The van der Waals surface area contributed by atoms with Crippen LogP contribution in [-0.4, -0.2) is 41.1 Å². The lowest BCUT2D eigenvalue weighted by Gasteiger charge is -2.31. The van der Waals surface area contributed by atoms with Crippen LogP contribution in [0.25, 0.3) is 11.4 Å². The largest absolute Gasteiger partial charge is 0.497 e. The van der Waals surface area contributed by atoms with Gasteiger partial charge >= 0.3 is 0 Å². The van der Waals surface area contributed by atoms with Crippen LogP contribution in [0.5, 0.6) is 5.75 Å². The summed E-state index contributed by atoms with van der Waals surface area (Å²) in [6.07, 6.45) is 1.83. The Hall–Kier alpha value is -2.67. The molecule has 0 bridgehead atoms. The highest BCUT2D eigenvalue weighted by Crippen LogP contribution is 2.29. The van der Waals surface area contributed by atoms with E-state index in [4.69, 9.17) is 9.26 Å². The summed E-state index contributed by atoms with van der Waals surface area (Å²) >= 11 is 3.40. The maximum Gasteiger partial charge on any atom is 0.253 e. The number of nitrogens with zero attached hydrogens (tertiary/aromatic N) is 3. The maximum absolute atomic E-state index is 12.8. The van der Waals surface area contributed by atoms with Gasteiger partial charge < -0.3 is 14.2 Å². The molecule has 7 heteroatoms. The zero-order valence-corrected chi connectivity index (χ0v) is 17.1. The summed E-state index contributed by atoms with van der Waals surface area (Å²) in [5.74, 6) is 2.00. The number of carbonyl (C=O) groups is 1. The Morgan fingerprint density at radius 2 is 1.93 bits per heavy atom. The van der Waals surface area contributed by atoms with E-state index < -0.39 is 0 Å². The van der Waals surface area contributed by atoms with Gasteiger partial charge in [0.1, 0.15) is 5.75 Å². The molecule has 2 heterocycles. The minimum atomic E-state index is 0.0343. The van der Waals surface area contributed by atoms with Crippen molar-refractivity contribution in [1.29, 1.82) is 0 Å². The highest BCUT2D eigenvalue weighted by molar-refractivity contribution is 9.10. The summed E-state index contributed by atoms with van der Waals surface area (Å²) in [6, 6.07) is 15.0. The third-order valence-corrected chi connectivity index (χ3v) is 5.47. The topological polar surface area (TPSA) is 68.5 Å². The van der Waals surface area contributed by atoms with E-state index in [0.717, 1.165) is 35.2 Å². The van der Waals surface area contributed by atoms with E-state index in [1.807, 2.05) is 53.4 Å². The van der Waals surface area contributed by atoms with Crippen LogP contribution in [0.4, 0.5) is 0 Å². The van der Waals surface area contributed by atoms with Gasteiger partial charge in [0.15, 0.2) is 0 Å². The molecule has 1 aliphatic rings. The first-order chi connectivity index (χ1) is 13.6. The number of carbonyl (C=O) groups excluding carboxylic acids is 1. The number of methoxy groups -OCH3 is 1. The molecule has 1 saturated heterocycles. The average Bonchev–Trinajstić information content (AvgIpc) is 3.24. The van der Waals surface area contributed by atoms with Crippen LogP contribution in [0.1, 0.15) is 35.0 Å². The van der Waals surface area contributed by atoms with Gasteiger partial charge in [0.25, 0.3) is 5.91 Å². The number of hydrogen-bond donors (Lipinski definition) is 0. The average molecular weight is 442 g/mol. The molecule has 144 valence electrons. The molecule has 0 unspecified atom stereocenters. The van der Waals surface area contributed by atoms with Gasteiger partial charge in [-0.25, -0.2) is 0 Å². The van der Waals surface area contributed by atoms with Gasteiger partial charge in [-0.05, 0) is 61.4 Å². The zero-order valence-electron chi connectivity index (χ0n) is 15.5. The van der Waals surface area contributed by atoms with Crippen molar-refractivity contribution in [2.75, 3.05) is 20.2 Å². The monoisotopic (exact) mass is 441 g/mol. The smallest absolute Gasteiger partial charge is 0.253 e. The van der Waals surface area contributed by atoms with Crippen molar-refractivity contribution in [1.82, 2.24) is 15.0 Å². The van der Waals surface area contributed by atoms with Crippen LogP contribution in [0, 0.1) is 0 Å². The third kappa shape index (κ3) is 3.94. The second-order valence-electron chi connectivity index (χ2n) is 6.78. The lowest BCUT2D eigenvalue weighted by Crippen LogP contribution is -2.39. The molecular weight excluding hydrogens is 422 g/mol. The molecule has 1 aliphatic heterocycles. The number of ether oxygens (including phenoxy) is 1. The number of benzene rings is 2. The molecule has 28 heavy (non-hydrogen) atoms. The van der Waals surface area contributed by atoms with Gasteiger partial charge in [0.05, 0.1) is 13.0 Å². The molecule has 0 spiro atoms. The van der Waals surface area contributed by atoms with E-state index in [2.05, 4.69) is 26.1 Å². The Labute approximate surface area is 171 Å². The van der Waals surface area contributed by atoms with Crippen molar-refractivity contribution >= 4 is 21.8 Å². The molecular formula is C21H20BrN3O3.